The van der Waals surface area contributed by atoms with E-state index in [1.54, 1.807) is 0 Å². The van der Waals surface area contributed by atoms with Gasteiger partial charge in [0.2, 0.25) is 0 Å². The van der Waals surface area contributed by atoms with Crippen molar-refractivity contribution in [3.63, 3.8) is 0 Å². The molecule has 0 aromatic heterocycles. The second-order valence-electron chi connectivity index (χ2n) is 6.01. The van der Waals surface area contributed by atoms with Gasteiger partial charge >= 0.3 is 0 Å². The van der Waals surface area contributed by atoms with E-state index < -0.39 is 0 Å². The van der Waals surface area contributed by atoms with Crippen LogP contribution in [0.25, 0.3) is 0 Å². The van der Waals surface area contributed by atoms with Gasteiger partial charge in [-0.1, -0.05) is 13.8 Å². The third kappa shape index (κ3) is 2.73. The molecule has 1 atom stereocenters. The minimum absolute atomic E-state index is 0.653. The van der Waals surface area contributed by atoms with Crippen LogP contribution in [0.4, 0.5) is 0 Å². The van der Waals surface area contributed by atoms with Crippen LogP contribution >= 0.6 is 0 Å². The van der Waals surface area contributed by atoms with Gasteiger partial charge in [0.1, 0.15) is 0 Å². The quantitative estimate of drug-likeness (QED) is 0.674. The topological polar surface area (TPSA) is 38.0 Å². The predicted octanol–water partition coefficient (Wildman–Crippen LogP) is 2.00. The lowest BCUT2D eigenvalue weighted by molar-refractivity contribution is 0.335. The fourth-order valence-corrected chi connectivity index (χ4v) is 2.68. The van der Waals surface area contributed by atoms with Crippen LogP contribution < -0.4 is 11.1 Å². The van der Waals surface area contributed by atoms with Gasteiger partial charge in [-0.25, -0.2) is 0 Å². The molecule has 0 spiro atoms. The minimum atomic E-state index is 0.653. The van der Waals surface area contributed by atoms with E-state index in [0.717, 1.165) is 24.4 Å². The van der Waals surface area contributed by atoms with E-state index in [1.165, 1.54) is 32.2 Å². The molecule has 88 valence electrons. The maximum absolute atomic E-state index is 5.77. The van der Waals surface area contributed by atoms with Crippen LogP contribution in [0.15, 0.2) is 0 Å². The van der Waals surface area contributed by atoms with Crippen LogP contribution in [0, 0.1) is 23.2 Å². The molecule has 2 fully saturated rings. The molecule has 0 aromatic rings. The molecule has 2 heteroatoms. The maximum Gasteiger partial charge on any atom is 0.00106 e. The number of nitrogens with two attached hydrogens (primary N) is 1. The zero-order valence-electron chi connectivity index (χ0n) is 10.3. The Balaban J connectivity index is 1.65. The Morgan fingerprint density at radius 1 is 1.33 bits per heavy atom. The van der Waals surface area contributed by atoms with Crippen molar-refractivity contribution < 1.29 is 0 Å². The Labute approximate surface area is 94.0 Å². The molecule has 0 bridgehead atoms. The number of nitrogens with one attached hydrogen (secondary N) is 1. The summed E-state index contributed by atoms with van der Waals surface area (Å²) >= 11 is 0. The predicted molar refractivity (Wildman–Crippen MR) is 64.6 cm³/mol. The van der Waals surface area contributed by atoms with E-state index >= 15 is 0 Å². The molecule has 2 saturated carbocycles. The van der Waals surface area contributed by atoms with Crippen LogP contribution in [0.2, 0.25) is 0 Å². The standard InChI is InChI=1S/C13H26N2/c1-10(2)11(7-14)8-15-9-13(5-6-13)12-3-4-12/h10-12,15H,3-9,14H2,1-2H3. The van der Waals surface area contributed by atoms with Gasteiger partial charge in [0.05, 0.1) is 0 Å². The Bertz CT molecular complexity index is 205. The molecule has 3 N–H and O–H groups in total. The van der Waals surface area contributed by atoms with Crippen molar-refractivity contribution in [2.45, 2.75) is 39.5 Å². The summed E-state index contributed by atoms with van der Waals surface area (Å²) in [6, 6.07) is 0. The molecule has 0 saturated heterocycles. The van der Waals surface area contributed by atoms with E-state index in [9.17, 15) is 0 Å². The summed E-state index contributed by atoms with van der Waals surface area (Å²) < 4.78 is 0. The minimum Gasteiger partial charge on any atom is -0.330 e. The highest BCUT2D eigenvalue weighted by Gasteiger charge is 2.53. The molecule has 2 nitrogen and oxygen atoms in total. The Morgan fingerprint density at radius 2 is 2.00 bits per heavy atom. The summed E-state index contributed by atoms with van der Waals surface area (Å²) in [6.45, 7) is 7.73. The molecule has 0 heterocycles. The number of hydrogen-bond acceptors (Lipinski definition) is 2. The first-order valence-electron chi connectivity index (χ1n) is 6.59. The fourth-order valence-electron chi connectivity index (χ4n) is 2.68. The van der Waals surface area contributed by atoms with Gasteiger partial charge in [-0.15, -0.1) is 0 Å². The number of rotatable bonds is 7. The third-order valence-corrected chi connectivity index (χ3v) is 4.46. The molecule has 0 aliphatic heterocycles. The third-order valence-electron chi connectivity index (χ3n) is 4.46. The zero-order valence-corrected chi connectivity index (χ0v) is 10.3. The molecule has 2 rings (SSSR count). The summed E-state index contributed by atoms with van der Waals surface area (Å²) in [5, 5.41) is 3.66. The summed E-state index contributed by atoms with van der Waals surface area (Å²) in [5.41, 5.74) is 6.50. The molecule has 2 aliphatic rings. The molecule has 0 aromatic carbocycles. The largest absolute Gasteiger partial charge is 0.330 e. The van der Waals surface area contributed by atoms with Crippen LogP contribution in [0.3, 0.4) is 0 Å². The van der Waals surface area contributed by atoms with Crippen LogP contribution in [0.5, 0.6) is 0 Å². The molecular formula is C13H26N2. The van der Waals surface area contributed by atoms with Crippen molar-refractivity contribution in [3.05, 3.63) is 0 Å². The lowest BCUT2D eigenvalue weighted by Crippen LogP contribution is -2.35. The summed E-state index contributed by atoms with van der Waals surface area (Å²) in [4.78, 5) is 0. The first kappa shape index (κ1) is 11.4. The van der Waals surface area contributed by atoms with Crippen LogP contribution in [-0.4, -0.2) is 19.6 Å². The Morgan fingerprint density at radius 3 is 2.40 bits per heavy atom. The lowest BCUT2D eigenvalue weighted by atomic mass is 9.95. The van der Waals surface area contributed by atoms with Crippen molar-refractivity contribution in [2.75, 3.05) is 19.6 Å². The van der Waals surface area contributed by atoms with Crippen LogP contribution in [0.1, 0.15) is 39.5 Å². The maximum atomic E-state index is 5.77. The van der Waals surface area contributed by atoms with Gasteiger partial charge in [0.15, 0.2) is 0 Å². The summed E-state index contributed by atoms with van der Waals surface area (Å²) in [6.07, 6.45) is 5.93. The lowest BCUT2D eigenvalue weighted by Gasteiger charge is -2.22. The van der Waals surface area contributed by atoms with Crippen LogP contribution in [-0.2, 0) is 0 Å². The molecule has 0 amide bonds. The smallest absolute Gasteiger partial charge is 0.00106 e. The van der Waals surface area contributed by atoms with Gasteiger partial charge in [-0.2, -0.15) is 0 Å². The highest BCUT2D eigenvalue weighted by Crippen LogP contribution is 2.60. The second kappa shape index (κ2) is 4.42. The van der Waals surface area contributed by atoms with Crippen molar-refractivity contribution in [3.8, 4) is 0 Å². The molecular weight excluding hydrogens is 184 g/mol. The summed E-state index contributed by atoms with van der Waals surface area (Å²) in [5.74, 6) is 2.43. The Hall–Kier alpha value is -0.0800. The first-order chi connectivity index (χ1) is 7.18. The molecule has 0 radical (unpaired) electrons. The Kier molecular flexibility index (Phi) is 3.36. The average molecular weight is 210 g/mol. The van der Waals surface area contributed by atoms with Gasteiger partial charge in [-0.05, 0) is 61.9 Å². The monoisotopic (exact) mass is 210 g/mol. The highest BCUT2D eigenvalue weighted by molar-refractivity contribution is 5.05. The number of hydrogen-bond donors (Lipinski definition) is 2. The molecule has 1 unspecified atom stereocenters. The summed E-state index contributed by atoms with van der Waals surface area (Å²) in [7, 11) is 0. The normalized spacial score (nSPS) is 25.6. The second-order valence-corrected chi connectivity index (χ2v) is 6.01. The van der Waals surface area contributed by atoms with Crippen molar-refractivity contribution in [2.24, 2.45) is 28.9 Å². The van der Waals surface area contributed by atoms with Crippen molar-refractivity contribution in [1.29, 1.82) is 0 Å². The van der Waals surface area contributed by atoms with Gasteiger partial charge < -0.3 is 11.1 Å². The zero-order chi connectivity index (χ0) is 10.9. The van der Waals surface area contributed by atoms with Crippen molar-refractivity contribution in [1.82, 2.24) is 5.32 Å². The molecule has 15 heavy (non-hydrogen) atoms. The molecule has 2 aliphatic carbocycles. The van der Waals surface area contributed by atoms with Gasteiger partial charge in [0.25, 0.3) is 0 Å². The van der Waals surface area contributed by atoms with E-state index in [-0.39, 0.29) is 0 Å². The van der Waals surface area contributed by atoms with Crippen molar-refractivity contribution >= 4 is 0 Å². The SMILES string of the molecule is CC(C)C(CN)CNCC1(C2CC2)CC1. The average Bonchev–Trinajstić information content (AvgIpc) is 3.00. The van der Waals surface area contributed by atoms with E-state index in [2.05, 4.69) is 19.2 Å². The van der Waals surface area contributed by atoms with Gasteiger partial charge in [-0.3, -0.25) is 0 Å². The van der Waals surface area contributed by atoms with E-state index in [1.807, 2.05) is 0 Å². The van der Waals surface area contributed by atoms with Gasteiger partial charge in [0, 0.05) is 6.54 Å². The van der Waals surface area contributed by atoms with E-state index in [0.29, 0.717) is 11.8 Å². The fraction of sp³-hybridized carbons (Fsp3) is 1.00. The first-order valence-corrected chi connectivity index (χ1v) is 6.59. The highest BCUT2D eigenvalue weighted by atomic mass is 14.9. The van der Waals surface area contributed by atoms with E-state index in [4.69, 9.17) is 5.73 Å².